The summed E-state index contributed by atoms with van der Waals surface area (Å²) in [7, 11) is -2.59. The third-order valence-electron chi connectivity index (χ3n) is 2.51. The van der Waals surface area contributed by atoms with Crippen LogP contribution in [0.2, 0.25) is 0 Å². The standard InChI is InChI=1S/C12H18N4O3S2/c1-8(2)15-10(17)7-16(3)21(18,19)9-5-4-6-14-11(9)12(13)20/h4-6,8H,7H2,1-3H3,(H2,13,20)(H,15,17). The molecule has 0 fully saturated rings. The molecule has 9 heteroatoms. The number of amides is 1. The van der Waals surface area contributed by atoms with E-state index in [0.717, 1.165) is 4.31 Å². The van der Waals surface area contributed by atoms with Gasteiger partial charge in [-0.15, -0.1) is 0 Å². The van der Waals surface area contributed by atoms with Crippen LogP contribution in [0.5, 0.6) is 0 Å². The quantitative estimate of drug-likeness (QED) is 0.704. The summed E-state index contributed by atoms with van der Waals surface area (Å²) in [6, 6.07) is 2.75. The number of likely N-dealkylation sites (N-methyl/N-ethyl adjacent to an activating group) is 1. The average molecular weight is 330 g/mol. The number of hydrogen-bond donors (Lipinski definition) is 2. The lowest BCUT2D eigenvalue weighted by molar-refractivity contribution is -0.121. The van der Waals surface area contributed by atoms with E-state index in [9.17, 15) is 13.2 Å². The Hall–Kier alpha value is -1.58. The fraction of sp³-hybridized carbons (Fsp3) is 0.417. The minimum atomic E-state index is -3.90. The van der Waals surface area contributed by atoms with Gasteiger partial charge in [0.2, 0.25) is 15.9 Å². The van der Waals surface area contributed by atoms with Gasteiger partial charge in [0.05, 0.1) is 6.54 Å². The first-order chi connectivity index (χ1) is 9.66. The molecule has 1 aromatic rings. The van der Waals surface area contributed by atoms with Gasteiger partial charge in [0.1, 0.15) is 15.6 Å². The van der Waals surface area contributed by atoms with E-state index in [2.05, 4.69) is 10.3 Å². The lowest BCUT2D eigenvalue weighted by Crippen LogP contribution is -2.41. The van der Waals surface area contributed by atoms with E-state index in [1.165, 1.54) is 25.4 Å². The van der Waals surface area contributed by atoms with E-state index < -0.39 is 15.9 Å². The Bertz CT molecular complexity index is 644. The van der Waals surface area contributed by atoms with E-state index in [1.54, 1.807) is 13.8 Å². The van der Waals surface area contributed by atoms with Crippen LogP contribution in [0.15, 0.2) is 23.2 Å². The van der Waals surface area contributed by atoms with Crippen molar-refractivity contribution < 1.29 is 13.2 Å². The van der Waals surface area contributed by atoms with E-state index in [1.807, 2.05) is 0 Å². The highest BCUT2D eigenvalue weighted by Gasteiger charge is 2.27. The smallest absolute Gasteiger partial charge is 0.245 e. The van der Waals surface area contributed by atoms with E-state index in [4.69, 9.17) is 18.0 Å². The first kappa shape index (κ1) is 17.5. The number of nitrogens with zero attached hydrogens (tertiary/aromatic N) is 2. The molecule has 21 heavy (non-hydrogen) atoms. The van der Waals surface area contributed by atoms with Crippen LogP contribution in [0.3, 0.4) is 0 Å². The maximum absolute atomic E-state index is 12.5. The lowest BCUT2D eigenvalue weighted by Gasteiger charge is -2.19. The molecular weight excluding hydrogens is 312 g/mol. The van der Waals surface area contributed by atoms with Gasteiger partial charge >= 0.3 is 0 Å². The van der Waals surface area contributed by atoms with Crippen LogP contribution >= 0.6 is 12.2 Å². The molecule has 3 N–H and O–H groups in total. The Balaban J connectivity index is 3.06. The zero-order valence-corrected chi connectivity index (χ0v) is 13.7. The fourth-order valence-corrected chi connectivity index (χ4v) is 3.11. The summed E-state index contributed by atoms with van der Waals surface area (Å²) in [5, 5.41) is 2.62. The molecule has 0 aliphatic rings. The van der Waals surface area contributed by atoms with Crippen LogP contribution in [0.25, 0.3) is 0 Å². The molecule has 1 rings (SSSR count). The number of pyridine rings is 1. The summed E-state index contributed by atoms with van der Waals surface area (Å²) in [6.45, 7) is 3.28. The molecule has 0 saturated carbocycles. The first-order valence-corrected chi connectivity index (χ1v) is 8.01. The van der Waals surface area contributed by atoms with Gasteiger partial charge in [-0.2, -0.15) is 4.31 Å². The molecule has 1 amide bonds. The number of nitrogens with one attached hydrogen (secondary N) is 1. The Kier molecular flexibility index (Phi) is 5.76. The van der Waals surface area contributed by atoms with Gasteiger partial charge in [-0.05, 0) is 26.0 Å². The number of nitrogens with two attached hydrogens (primary N) is 1. The fourth-order valence-electron chi connectivity index (χ4n) is 1.61. The highest BCUT2D eigenvalue weighted by Crippen LogP contribution is 2.17. The number of carbonyl (C=O) groups excluding carboxylic acids is 1. The summed E-state index contributed by atoms with van der Waals surface area (Å²) in [5.74, 6) is -0.392. The maximum Gasteiger partial charge on any atom is 0.245 e. The largest absolute Gasteiger partial charge is 0.388 e. The molecular formula is C12H18N4O3S2. The van der Waals surface area contributed by atoms with Crippen molar-refractivity contribution in [3.63, 3.8) is 0 Å². The molecule has 0 atom stereocenters. The molecule has 0 unspecified atom stereocenters. The summed E-state index contributed by atoms with van der Waals surface area (Å²) in [4.78, 5) is 15.3. The Morgan fingerprint density at radius 2 is 2.14 bits per heavy atom. The van der Waals surface area contributed by atoms with E-state index in [0.29, 0.717) is 0 Å². The van der Waals surface area contributed by atoms with Crippen molar-refractivity contribution in [3.05, 3.63) is 24.0 Å². The van der Waals surface area contributed by atoms with Gasteiger partial charge < -0.3 is 11.1 Å². The third-order valence-corrected chi connectivity index (χ3v) is 4.54. The third kappa shape index (κ3) is 4.45. The lowest BCUT2D eigenvalue weighted by atomic mass is 10.3. The molecule has 116 valence electrons. The normalized spacial score (nSPS) is 11.7. The predicted octanol–water partition coefficient (Wildman–Crippen LogP) is -0.139. The monoisotopic (exact) mass is 330 g/mol. The van der Waals surface area contributed by atoms with Crippen molar-refractivity contribution in [3.8, 4) is 0 Å². The highest BCUT2D eigenvalue weighted by molar-refractivity contribution is 7.89. The van der Waals surface area contributed by atoms with Gasteiger partial charge in [-0.1, -0.05) is 12.2 Å². The van der Waals surface area contributed by atoms with Crippen molar-refractivity contribution in [2.45, 2.75) is 24.8 Å². The Labute approximate surface area is 129 Å². The molecule has 0 aliphatic heterocycles. The van der Waals surface area contributed by atoms with E-state index in [-0.39, 0.29) is 28.2 Å². The van der Waals surface area contributed by atoms with Crippen LogP contribution < -0.4 is 11.1 Å². The van der Waals surface area contributed by atoms with Crippen LogP contribution in [-0.4, -0.2) is 48.2 Å². The first-order valence-electron chi connectivity index (χ1n) is 6.16. The van der Waals surface area contributed by atoms with Crippen molar-refractivity contribution in [1.29, 1.82) is 0 Å². The molecule has 1 heterocycles. The second kappa shape index (κ2) is 6.92. The molecule has 0 spiro atoms. The van der Waals surface area contributed by atoms with Gasteiger partial charge in [0.15, 0.2) is 0 Å². The van der Waals surface area contributed by atoms with Gasteiger partial charge in [-0.25, -0.2) is 8.42 Å². The highest BCUT2D eigenvalue weighted by atomic mass is 32.2. The van der Waals surface area contributed by atoms with Gasteiger partial charge in [-0.3, -0.25) is 9.78 Å². The summed E-state index contributed by atoms with van der Waals surface area (Å²) >= 11 is 4.80. The van der Waals surface area contributed by atoms with Crippen molar-refractivity contribution >= 4 is 33.1 Å². The van der Waals surface area contributed by atoms with Crippen molar-refractivity contribution in [2.75, 3.05) is 13.6 Å². The van der Waals surface area contributed by atoms with Crippen molar-refractivity contribution in [1.82, 2.24) is 14.6 Å². The number of rotatable bonds is 6. The zero-order valence-electron chi connectivity index (χ0n) is 12.0. The van der Waals surface area contributed by atoms with Crippen LogP contribution in [0.1, 0.15) is 19.5 Å². The predicted molar refractivity (Wildman–Crippen MR) is 83.2 cm³/mol. The van der Waals surface area contributed by atoms with Crippen LogP contribution in [-0.2, 0) is 14.8 Å². The molecule has 0 saturated heterocycles. The van der Waals surface area contributed by atoms with E-state index >= 15 is 0 Å². The topological polar surface area (TPSA) is 105 Å². The number of sulfonamides is 1. The Morgan fingerprint density at radius 3 is 2.67 bits per heavy atom. The molecule has 0 radical (unpaired) electrons. The Morgan fingerprint density at radius 1 is 1.52 bits per heavy atom. The average Bonchev–Trinajstić information content (AvgIpc) is 2.37. The minimum absolute atomic E-state index is 0.0172. The SMILES string of the molecule is CC(C)NC(=O)CN(C)S(=O)(=O)c1cccnc1C(N)=S. The molecule has 0 bridgehead atoms. The van der Waals surface area contributed by atoms with Gasteiger partial charge in [0, 0.05) is 19.3 Å². The van der Waals surface area contributed by atoms with Gasteiger partial charge in [0.25, 0.3) is 0 Å². The summed E-state index contributed by atoms with van der Waals surface area (Å²) < 4.78 is 25.9. The molecule has 1 aromatic heterocycles. The van der Waals surface area contributed by atoms with Crippen LogP contribution in [0.4, 0.5) is 0 Å². The second-order valence-electron chi connectivity index (χ2n) is 4.70. The number of hydrogen-bond acceptors (Lipinski definition) is 5. The summed E-state index contributed by atoms with van der Waals surface area (Å²) in [5.41, 5.74) is 5.50. The van der Waals surface area contributed by atoms with Crippen LogP contribution in [0, 0.1) is 0 Å². The number of thiocarbonyl (C=S) groups is 1. The minimum Gasteiger partial charge on any atom is -0.388 e. The molecule has 7 nitrogen and oxygen atoms in total. The second-order valence-corrected chi connectivity index (χ2v) is 7.15. The molecule has 0 aliphatic carbocycles. The summed E-state index contributed by atoms with van der Waals surface area (Å²) in [6.07, 6.45) is 1.40. The number of carbonyl (C=O) groups is 1. The molecule has 0 aromatic carbocycles. The van der Waals surface area contributed by atoms with Crippen molar-refractivity contribution in [2.24, 2.45) is 5.73 Å². The number of aromatic nitrogens is 1. The zero-order chi connectivity index (χ0) is 16.2. The maximum atomic E-state index is 12.5.